The average molecular weight is 374 g/mol. The van der Waals surface area contributed by atoms with Gasteiger partial charge in [-0.05, 0) is 17.7 Å². The van der Waals surface area contributed by atoms with Crippen molar-refractivity contribution in [2.24, 2.45) is 0 Å². The number of carboxylic acid groups (broad SMARTS) is 1. The molecular weight excluding hydrogens is 359 g/mol. The highest BCUT2D eigenvalue weighted by molar-refractivity contribution is 7.20. The summed E-state index contributed by atoms with van der Waals surface area (Å²) in [4.78, 5) is 28.8. The Morgan fingerprint density at radius 1 is 1.27 bits per heavy atom. The van der Waals surface area contributed by atoms with E-state index in [4.69, 9.17) is 4.74 Å². The molecule has 1 amide bonds. The Morgan fingerprint density at radius 3 is 2.65 bits per heavy atom. The van der Waals surface area contributed by atoms with Crippen LogP contribution in [0.25, 0.3) is 10.2 Å². The number of nitrogens with one attached hydrogen (secondary N) is 1. The lowest BCUT2D eigenvalue weighted by Gasteiger charge is -2.30. The molecule has 0 saturated heterocycles. The number of aromatic nitrogens is 1. The van der Waals surface area contributed by atoms with Crippen molar-refractivity contribution in [3.8, 4) is 0 Å². The van der Waals surface area contributed by atoms with Gasteiger partial charge >= 0.3 is 5.97 Å². The molecule has 1 unspecified atom stereocenters. The molecule has 3 rings (SSSR count). The van der Waals surface area contributed by atoms with E-state index in [1.54, 1.807) is 30.3 Å². The van der Waals surface area contributed by atoms with E-state index in [1.165, 1.54) is 25.3 Å². The van der Waals surface area contributed by atoms with Gasteiger partial charge in [-0.3, -0.25) is 4.79 Å². The Hall–Kier alpha value is -2.84. The molecule has 0 aliphatic heterocycles. The third-order valence-corrected chi connectivity index (χ3v) is 4.90. The summed E-state index contributed by atoms with van der Waals surface area (Å²) >= 11 is 1.06. The Balaban J connectivity index is 1.99. The number of aliphatic carboxylic acids is 1. The van der Waals surface area contributed by atoms with Gasteiger partial charge in [0.1, 0.15) is 5.82 Å². The molecule has 1 aromatic heterocycles. The fourth-order valence-corrected chi connectivity index (χ4v) is 3.46. The van der Waals surface area contributed by atoms with Crippen LogP contribution < -0.4 is 5.32 Å². The van der Waals surface area contributed by atoms with Gasteiger partial charge < -0.3 is 15.2 Å². The molecule has 134 valence electrons. The number of methoxy groups -OCH3 is 1. The van der Waals surface area contributed by atoms with Gasteiger partial charge in [0.2, 0.25) is 0 Å². The van der Waals surface area contributed by atoms with E-state index < -0.39 is 23.2 Å². The molecular formula is C18H15FN2O4S. The van der Waals surface area contributed by atoms with E-state index in [2.05, 4.69) is 10.3 Å². The molecule has 26 heavy (non-hydrogen) atoms. The van der Waals surface area contributed by atoms with E-state index >= 15 is 0 Å². The van der Waals surface area contributed by atoms with Gasteiger partial charge in [0.05, 0.1) is 16.8 Å². The minimum atomic E-state index is -1.77. The lowest BCUT2D eigenvalue weighted by atomic mass is 9.90. The minimum absolute atomic E-state index is 0.0447. The van der Waals surface area contributed by atoms with Crippen LogP contribution in [0.5, 0.6) is 0 Å². The molecule has 8 heteroatoms. The summed E-state index contributed by atoms with van der Waals surface area (Å²) in [7, 11) is 1.35. The zero-order valence-corrected chi connectivity index (χ0v) is 14.5. The molecule has 0 aliphatic carbocycles. The molecule has 0 radical (unpaired) electrons. The normalized spacial score (nSPS) is 13.3. The highest BCUT2D eigenvalue weighted by Crippen LogP contribution is 2.26. The van der Waals surface area contributed by atoms with Gasteiger partial charge in [0.25, 0.3) is 5.91 Å². The van der Waals surface area contributed by atoms with Gasteiger partial charge in [-0.2, -0.15) is 0 Å². The molecule has 0 bridgehead atoms. The second-order valence-corrected chi connectivity index (χ2v) is 6.63. The maximum absolute atomic E-state index is 13.3. The van der Waals surface area contributed by atoms with Crippen molar-refractivity contribution in [2.45, 2.75) is 5.54 Å². The molecule has 0 fully saturated rings. The number of carbonyl (C=O) groups is 2. The van der Waals surface area contributed by atoms with Crippen molar-refractivity contribution >= 4 is 33.4 Å². The largest absolute Gasteiger partial charge is 0.479 e. The quantitative estimate of drug-likeness (QED) is 0.693. The van der Waals surface area contributed by atoms with Gasteiger partial charge in [-0.1, -0.05) is 30.3 Å². The van der Waals surface area contributed by atoms with Crippen LogP contribution in [-0.2, 0) is 15.1 Å². The average Bonchev–Trinajstić information content (AvgIpc) is 3.05. The predicted molar refractivity (Wildman–Crippen MR) is 94.7 cm³/mol. The highest BCUT2D eigenvalue weighted by Gasteiger charge is 2.43. The molecule has 2 aromatic carbocycles. The molecule has 1 atom stereocenters. The van der Waals surface area contributed by atoms with E-state index in [0.717, 1.165) is 11.3 Å². The van der Waals surface area contributed by atoms with Crippen LogP contribution in [-0.4, -0.2) is 35.7 Å². The molecule has 3 aromatic rings. The summed E-state index contributed by atoms with van der Waals surface area (Å²) in [6.45, 7) is -0.266. The topological polar surface area (TPSA) is 88.5 Å². The SMILES string of the molecule is COCC(NC(=O)c1nc2cc(F)ccc2s1)(C(=O)O)c1ccccc1. The lowest BCUT2D eigenvalue weighted by Crippen LogP contribution is -2.55. The van der Waals surface area contributed by atoms with Crippen molar-refractivity contribution in [1.29, 1.82) is 0 Å². The number of nitrogens with zero attached hydrogens (tertiary/aromatic N) is 1. The van der Waals surface area contributed by atoms with Crippen LogP contribution in [0, 0.1) is 5.82 Å². The molecule has 1 heterocycles. The first kappa shape index (κ1) is 18.0. The van der Waals surface area contributed by atoms with Crippen molar-refractivity contribution in [2.75, 3.05) is 13.7 Å². The summed E-state index contributed by atoms with van der Waals surface area (Å²) in [5, 5.41) is 12.4. The fraction of sp³-hybridized carbons (Fsp3) is 0.167. The first-order valence-electron chi connectivity index (χ1n) is 7.63. The number of ether oxygens (including phenoxy) is 1. The zero-order chi connectivity index (χ0) is 18.7. The molecule has 0 spiro atoms. The van der Waals surface area contributed by atoms with Gasteiger partial charge in [0.15, 0.2) is 10.5 Å². The summed E-state index contributed by atoms with van der Waals surface area (Å²) in [6, 6.07) is 12.3. The number of carbonyl (C=O) groups excluding carboxylic acids is 1. The van der Waals surface area contributed by atoms with Crippen molar-refractivity contribution in [3.63, 3.8) is 0 Å². The number of carboxylic acids is 1. The van der Waals surface area contributed by atoms with Gasteiger partial charge in [-0.15, -0.1) is 11.3 Å². The summed E-state index contributed by atoms with van der Waals surface area (Å²) < 4.78 is 19.0. The molecule has 6 nitrogen and oxygen atoms in total. The Morgan fingerprint density at radius 2 is 2.00 bits per heavy atom. The van der Waals surface area contributed by atoms with Crippen molar-refractivity contribution in [3.05, 3.63) is 64.9 Å². The van der Waals surface area contributed by atoms with Gasteiger partial charge in [-0.25, -0.2) is 14.2 Å². The second-order valence-electron chi connectivity index (χ2n) is 5.59. The first-order chi connectivity index (χ1) is 12.5. The van der Waals surface area contributed by atoms with Crippen molar-refractivity contribution in [1.82, 2.24) is 10.3 Å². The van der Waals surface area contributed by atoms with Crippen LogP contribution in [0.15, 0.2) is 48.5 Å². The van der Waals surface area contributed by atoms with Crippen LogP contribution in [0.4, 0.5) is 4.39 Å². The third-order valence-electron chi connectivity index (χ3n) is 3.86. The number of rotatable bonds is 6. The van der Waals surface area contributed by atoms with Crippen molar-refractivity contribution < 1.29 is 23.8 Å². The van der Waals surface area contributed by atoms with Crippen LogP contribution in [0.3, 0.4) is 0 Å². The monoisotopic (exact) mass is 374 g/mol. The standard InChI is InChI=1S/C18H15FN2O4S/c1-25-10-18(17(23)24,11-5-3-2-4-6-11)21-15(22)16-20-13-9-12(19)7-8-14(13)26-16/h2-9H,10H2,1H3,(H,21,22)(H,23,24). The van der Waals surface area contributed by atoms with E-state index in [9.17, 15) is 19.1 Å². The zero-order valence-electron chi connectivity index (χ0n) is 13.7. The Kier molecular flexibility index (Phi) is 4.97. The summed E-state index contributed by atoms with van der Waals surface area (Å²) in [5.74, 6) is -2.39. The number of benzene rings is 2. The summed E-state index contributed by atoms with van der Waals surface area (Å²) in [6.07, 6.45) is 0. The number of thiazole rings is 1. The van der Waals surface area contributed by atoms with E-state index in [1.807, 2.05) is 0 Å². The third kappa shape index (κ3) is 3.29. The highest BCUT2D eigenvalue weighted by atomic mass is 32.1. The van der Waals surface area contributed by atoms with E-state index in [0.29, 0.717) is 15.8 Å². The summed E-state index contributed by atoms with van der Waals surface area (Å²) in [5.41, 5.74) is -1.06. The van der Waals surface area contributed by atoms with Crippen LogP contribution in [0.1, 0.15) is 15.4 Å². The number of amides is 1. The van der Waals surface area contributed by atoms with E-state index in [-0.39, 0.29) is 11.6 Å². The first-order valence-corrected chi connectivity index (χ1v) is 8.44. The smallest absolute Gasteiger partial charge is 0.336 e. The number of halogens is 1. The number of hydrogen-bond acceptors (Lipinski definition) is 5. The number of hydrogen-bond donors (Lipinski definition) is 2. The Bertz CT molecular complexity index is 960. The maximum Gasteiger partial charge on any atom is 0.336 e. The fourth-order valence-electron chi connectivity index (χ4n) is 2.61. The Labute approximate surface area is 152 Å². The maximum atomic E-state index is 13.3. The van der Waals surface area contributed by atoms with Crippen LogP contribution >= 0.6 is 11.3 Å². The molecule has 0 aliphatic rings. The second kappa shape index (κ2) is 7.19. The predicted octanol–water partition coefficient (Wildman–Crippen LogP) is 2.79. The van der Waals surface area contributed by atoms with Gasteiger partial charge in [0, 0.05) is 13.2 Å². The molecule has 2 N–H and O–H groups in total. The molecule has 0 saturated carbocycles. The number of fused-ring (bicyclic) bond motifs is 1. The lowest BCUT2D eigenvalue weighted by molar-refractivity contribution is -0.147. The van der Waals surface area contributed by atoms with Crippen LogP contribution in [0.2, 0.25) is 0 Å². The minimum Gasteiger partial charge on any atom is -0.479 e.